The predicted molar refractivity (Wildman–Crippen MR) is 77.5 cm³/mol. The molecule has 2 aromatic rings. The molecule has 1 aromatic carbocycles. The van der Waals surface area contributed by atoms with Crippen LogP contribution in [0.1, 0.15) is 20.8 Å². The van der Waals surface area contributed by atoms with Gasteiger partial charge in [0.05, 0.1) is 25.2 Å². The Bertz CT molecular complexity index is 583. The number of hydrogen-bond donors (Lipinski definition) is 2. The number of amides is 1. The zero-order chi connectivity index (χ0) is 14.4. The van der Waals surface area contributed by atoms with Crippen LogP contribution in [0.15, 0.2) is 35.7 Å². The van der Waals surface area contributed by atoms with Gasteiger partial charge in [-0.05, 0) is 29.1 Å². The Balaban J connectivity index is 1.93. The van der Waals surface area contributed by atoms with Gasteiger partial charge in [0.2, 0.25) is 0 Å². The lowest BCUT2D eigenvalue weighted by Gasteiger charge is -2.06. The first kappa shape index (κ1) is 14.5. The molecule has 20 heavy (non-hydrogen) atoms. The number of carbonyl (C=O) groups is 1. The third-order valence-electron chi connectivity index (χ3n) is 2.74. The van der Waals surface area contributed by atoms with Crippen LogP contribution in [0.3, 0.4) is 0 Å². The fourth-order valence-electron chi connectivity index (χ4n) is 1.76. The molecule has 0 radical (unpaired) electrons. The Hall–Kier alpha value is -1.89. The fraction of sp³-hybridized carbons (Fsp3) is 0.214. The van der Waals surface area contributed by atoms with Gasteiger partial charge in [0.1, 0.15) is 5.75 Å². The number of thiophene rings is 1. The maximum absolute atomic E-state index is 11.5. The number of methoxy groups -OCH3 is 1. The summed E-state index contributed by atoms with van der Waals surface area (Å²) in [7, 11) is 1.63. The molecule has 3 N–H and O–H groups in total. The number of benzene rings is 1. The van der Waals surface area contributed by atoms with E-state index in [1.54, 1.807) is 7.11 Å². The van der Waals surface area contributed by atoms with Crippen LogP contribution in [-0.2, 0) is 18.0 Å². The highest BCUT2D eigenvalue weighted by molar-refractivity contribution is 7.12. The van der Waals surface area contributed by atoms with Crippen molar-refractivity contribution >= 4 is 17.2 Å². The van der Waals surface area contributed by atoms with Crippen LogP contribution in [0.25, 0.3) is 0 Å². The van der Waals surface area contributed by atoms with E-state index < -0.39 is 0 Å². The van der Waals surface area contributed by atoms with Crippen molar-refractivity contribution in [3.8, 4) is 5.75 Å². The molecule has 0 saturated heterocycles. The van der Waals surface area contributed by atoms with Crippen molar-refractivity contribution < 1.29 is 14.3 Å². The van der Waals surface area contributed by atoms with E-state index in [0.29, 0.717) is 18.1 Å². The Labute approximate surface area is 121 Å². The summed E-state index contributed by atoms with van der Waals surface area (Å²) in [5, 5.41) is 1.84. The molecule has 1 amide bonds. The molecular weight excluding hydrogens is 276 g/mol. The van der Waals surface area contributed by atoms with E-state index in [0.717, 1.165) is 16.9 Å². The smallest absolute Gasteiger partial charge is 0.275 e. The van der Waals surface area contributed by atoms with Gasteiger partial charge in [-0.1, -0.05) is 12.1 Å². The number of ether oxygens (including phenoxy) is 2. The molecule has 0 atom stereocenters. The van der Waals surface area contributed by atoms with Crippen molar-refractivity contribution in [3.63, 3.8) is 0 Å². The molecule has 0 bridgehead atoms. The van der Waals surface area contributed by atoms with E-state index in [2.05, 4.69) is 5.43 Å². The van der Waals surface area contributed by atoms with Crippen LogP contribution >= 0.6 is 11.3 Å². The number of nitrogen functional groups attached to an aromatic ring is 1. The standard InChI is InChI=1S/C14H16N2O3S/c1-18-12-4-2-3-10(7-12)8-19-9-11-5-6-20-13(11)14(17)16-15/h2-7H,8-9,15H2,1H3,(H,16,17). The second-order valence-electron chi connectivity index (χ2n) is 4.09. The van der Waals surface area contributed by atoms with Crippen molar-refractivity contribution in [3.05, 3.63) is 51.7 Å². The molecular formula is C14H16N2O3S. The first-order valence-corrected chi connectivity index (χ1v) is 6.90. The Morgan fingerprint density at radius 2 is 2.20 bits per heavy atom. The quantitative estimate of drug-likeness (QED) is 0.485. The van der Waals surface area contributed by atoms with E-state index in [1.165, 1.54) is 11.3 Å². The highest BCUT2D eigenvalue weighted by Gasteiger charge is 2.11. The lowest BCUT2D eigenvalue weighted by Crippen LogP contribution is -2.30. The maximum Gasteiger partial charge on any atom is 0.275 e. The highest BCUT2D eigenvalue weighted by Crippen LogP contribution is 2.19. The molecule has 6 heteroatoms. The topological polar surface area (TPSA) is 73.6 Å². The number of nitrogens with two attached hydrogens (primary N) is 1. The van der Waals surface area contributed by atoms with Gasteiger partial charge in [0.25, 0.3) is 5.91 Å². The lowest BCUT2D eigenvalue weighted by molar-refractivity contribution is 0.0933. The van der Waals surface area contributed by atoms with E-state index >= 15 is 0 Å². The lowest BCUT2D eigenvalue weighted by atomic mass is 10.2. The number of carbonyl (C=O) groups excluding carboxylic acids is 1. The summed E-state index contributed by atoms with van der Waals surface area (Å²) < 4.78 is 10.8. The van der Waals surface area contributed by atoms with Crippen molar-refractivity contribution in [1.82, 2.24) is 5.43 Å². The first-order chi connectivity index (χ1) is 9.74. The van der Waals surface area contributed by atoms with Gasteiger partial charge in [-0.3, -0.25) is 10.2 Å². The van der Waals surface area contributed by atoms with Gasteiger partial charge >= 0.3 is 0 Å². The van der Waals surface area contributed by atoms with Crippen LogP contribution in [-0.4, -0.2) is 13.0 Å². The minimum atomic E-state index is -0.292. The normalized spacial score (nSPS) is 10.3. The van der Waals surface area contributed by atoms with Crippen LogP contribution in [0, 0.1) is 0 Å². The number of hydrazine groups is 1. The molecule has 0 spiro atoms. The molecule has 0 fully saturated rings. The van der Waals surface area contributed by atoms with Gasteiger partial charge in [-0.25, -0.2) is 5.84 Å². The van der Waals surface area contributed by atoms with Gasteiger partial charge in [-0.15, -0.1) is 11.3 Å². The second-order valence-corrected chi connectivity index (χ2v) is 5.01. The van der Waals surface area contributed by atoms with Crippen LogP contribution in [0.5, 0.6) is 5.75 Å². The van der Waals surface area contributed by atoms with E-state index in [1.807, 2.05) is 35.7 Å². The van der Waals surface area contributed by atoms with Crippen molar-refractivity contribution in [1.29, 1.82) is 0 Å². The number of hydrogen-bond acceptors (Lipinski definition) is 5. The summed E-state index contributed by atoms with van der Waals surface area (Å²) in [4.78, 5) is 12.1. The van der Waals surface area contributed by atoms with Crippen molar-refractivity contribution in [2.75, 3.05) is 7.11 Å². The van der Waals surface area contributed by atoms with E-state index in [9.17, 15) is 4.79 Å². The van der Waals surface area contributed by atoms with E-state index in [4.69, 9.17) is 15.3 Å². The zero-order valence-corrected chi connectivity index (χ0v) is 11.9. The highest BCUT2D eigenvalue weighted by atomic mass is 32.1. The van der Waals surface area contributed by atoms with E-state index in [-0.39, 0.29) is 5.91 Å². The van der Waals surface area contributed by atoms with Crippen molar-refractivity contribution in [2.45, 2.75) is 13.2 Å². The summed E-state index contributed by atoms with van der Waals surface area (Å²) in [6, 6.07) is 9.53. The fourth-order valence-corrected chi connectivity index (χ4v) is 2.57. The first-order valence-electron chi connectivity index (χ1n) is 6.02. The third kappa shape index (κ3) is 3.57. The Kier molecular flexibility index (Phi) is 5.11. The van der Waals surface area contributed by atoms with Crippen molar-refractivity contribution in [2.24, 2.45) is 5.84 Å². The van der Waals surface area contributed by atoms with Crippen LogP contribution in [0.2, 0.25) is 0 Å². The average molecular weight is 292 g/mol. The second kappa shape index (κ2) is 7.04. The Morgan fingerprint density at radius 1 is 1.35 bits per heavy atom. The maximum atomic E-state index is 11.5. The van der Waals surface area contributed by atoms with Crippen LogP contribution in [0.4, 0.5) is 0 Å². The molecule has 5 nitrogen and oxygen atoms in total. The molecule has 1 heterocycles. The molecule has 0 aliphatic carbocycles. The molecule has 2 rings (SSSR count). The SMILES string of the molecule is COc1cccc(COCc2ccsc2C(=O)NN)c1. The molecule has 1 aromatic heterocycles. The van der Waals surface area contributed by atoms with Gasteiger partial charge in [0, 0.05) is 5.56 Å². The van der Waals surface area contributed by atoms with Gasteiger partial charge in [0.15, 0.2) is 0 Å². The minimum Gasteiger partial charge on any atom is -0.497 e. The molecule has 106 valence electrons. The molecule has 0 aliphatic rings. The third-order valence-corrected chi connectivity index (χ3v) is 3.70. The summed E-state index contributed by atoms with van der Waals surface area (Å²) in [5.74, 6) is 5.64. The molecule has 0 unspecified atom stereocenters. The summed E-state index contributed by atoms with van der Waals surface area (Å²) in [6.07, 6.45) is 0. The monoisotopic (exact) mass is 292 g/mol. The zero-order valence-electron chi connectivity index (χ0n) is 11.1. The minimum absolute atomic E-state index is 0.292. The summed E-state index contributed by atoms with van der Waals surface area (Å²) in [5.41, 5.74) is 3.98. The predicted octanol–water partition coefficient (Wildman–Crippen LogP) is 2.08. The van der Waals surface area contributed by atoms with Gasteiger partial charge < -0.3 is 9.47 Å². The summed E-state index contributed by atoms with van der Waals surface area (Å²) >= 11 is 1.34. The van der Waals surface area contributed by atoms with Crippen LogP contribution < -0.4 is 16.0 Å². The van der Waals surface area contributed by atoms with Gasteiger partial charge in [-0.2, -0.15) is 0 Å². The largest absolute Gasteiger partial charge is 0.497 e. The number of nitrogens with one attached hydrogen (secondary N) is 1. The Morgan fingerprint density at radius 3 is 2.95 bits per heavy atom. The average Bonchev–Trinajstić information content (AvgIpc) is 2.95. The number of rotatable bonds is 6. The summed E-state index contributed by atoms with van der Waals surface area (Å²) in [6.45, 7) is 0.820. The molecule has 0 saturated carbocycles. The molecule has 0 aliphatic heterocycles.